The fraction of sp³-hybridized carbons (Fsp3) is 0.814. The van der Waals surface area contributed by atoms with Crippen molar-refractivity contribution in [3.8, 4) is 0 Å². The van der Waals surface area contributed by atoms with Crippen LogP contribution in [0.3, 0.4) is 0 Å². The van der Waals surface area contributed by atoms with Gasteiger partial charge in [0, 0.05) is 6.42 Å². The van der Waals surface area contributed by atoms with Gasteiger partial charge in [0.15, 0.2) is 0 Å². The fourth-order valence-corrected chi connectivity index (χ4v) is 8.88. The molecule has 0 aromatic heterocycles. The molecule has 3 unspecified atom stereocenters. The minimum Gasteiger partial charge on any atom is -0.756 e. The Hall–Kier alpha value is -1.80. The normalized spacial score (nSPS) is 14.4. The number of unbranched alkanes of at least 4 members (excludes halogenated alkanes) is 31. The molecule has 0 aliphatic carbocycles. The van der Waals surface area contributed by atoms with Gasteiger partial charge in [-0.15, -0.1) is 0 Å². The third-order valence-electron chi connectivity index (χ3n) is 12.7. The minimum atomic E-state index is -4.60. The van der Waals surface area contributed by atoms with Crippen LogP contribution in [-0.4, -0.2) is 68.5 Å². The van der Waals surface area contributed by atoms with E-state index in [-0.39, 0.29) is 12.5 Å². The molecule has 0 saturated heterocycles. The maximum Gasteiger partial charge on any atom is 0.268 e. The Morgan fingerprint density at radius 3 is 1.31 bits per heavy atom. The van der Waals surface area contributed by atoms with E-state index in [1.807, 2.05) is 27.2 Å². The quantitative estimate of drug-likeness (QED) is 0.0272. The van der Waals surface area contributed by atoms with Crippen LogP contribution in [0.5, 0.6) is 0 Å². The predicted molar refractivity (Wildman–Crippen MR) is 293 cm³/mol. The van der Waals surface area contributed by atoms with Gasteiger partial charge in [0.2, 0.25) is 5.91 Å². The SMILES string of the molecule is CCCCC/C=C/CC/C=C/CC/C=C/C(O)C(COP(=O)([O-])OCC[N+](C)(C)C)NC(=O)CCCCCCCCCCCCCCCCCCCCCCC/C=C\C/C=C\CCCCCCC. The molecule has 0 aliphatic heterocycles. The van der Waals surface area contributed by atoms with Crippen LogP contribution in [0.1, 0.15) is 258 Å². The van der Waals surface area contributed by atoms with Gasteiger partial charge < -0.3 is 28.8 Å². The lowest BCUT2D eigenvalue weighted by molar-refractivity contribution is -0.870. The van der Waals surface area contributed by atoms with Crippen LogP contribution >= 0.6 is 7.82 Å². The third-order valence-corrected chi connectivity index (χ3v) is 13.6. The van der Waals surface area contributed by atoms with Crippen molar-refractivity contribution in [3.05, 3.63) is 60.8 Å². The topological polar surface area (TPSA) is 108 Å². The van der Waals surface area contributed by atoms with Crippen molar-refractivity contribution in [1.82, 2.24) is 5.32 Å². The number of rotatable bonds is 52. The lowest BCUT2D eigenvalue weighted by Crippen LogP contribution is -2.45. The number of amides is 1. The van der Waals surface area contributed by atoms with Gasteiger partial charge in [0.05, 0.1) is 39.9 Å². The van der Waals surface area contributed by atoms with Crippen LogP contribution in [0.25, 0.3) is 0 Å². The van der Waals surface area contributed by atoms with Crippen molar-refractivity contribution < 1.29 is 32.9 Å². The van der Waals surface area contributed by atoms with E-state index in [2.05, 4.69) is 67.8 Å². The molecule has 8 nitrogen and oxygen atoms in total. The van der Waals surface area contributed by atoms with Gasteiger partial charge in [-0.05, 0) is 77.0 Å². The summed E-state index contributed by atoms with van der Waals surface area (Å²) in [7, 11) is 1.24. The molecular weight excluding hydrogens is 864 g/mol. The highest BCUT2D eigenvalue weighted by Gasteiger charge is 2.23. The summed E-state index contributed by atoms with van der Waals surface area (Å²) in [6.07, 6.45) is 67.5. The van der Waals surface area contributed by atoms with E-state index in [9.17, 15) is 19.4 Å². The summed E-state index contributed by atoms with van der Waals surface area (Å²) in [6.45, 7) is 4.58. The average Bonchev–Trinajstić information content (AvgIpc) is 3.30. The summed E-state index contributed by atoms with van der Waals surface area (Å²) in [5, 5.41) is 13.8. The summed E-state index contributed by atoms with van der Waals surface area (Å²) >= 11 is 0. The van der Waals surface area contributed by atoms with Gasteiger partial charge in [-0.25, -0.2) is 0 Å². The van der Waals surface area contributed by atoms with Gasteiger partial charge in [-0.3, -0.25) is 9.36 Å². The lowest BCUT2D eigenvalue weighted by atomic mass is 10.0. The molecule has 0 aromatic carbocycles. The van der Waals surface area contributed by atoms with Crippen LogP contribution < -0.4 is 10.2 Å². The number of hydrogen-bond donors (Lipinski definition) is 2. The molecule has 0 saturated carbocycles. The summed E-state index contributed by atoms with van der Waals surface area (Å²) < 4.78 is 23.3. The van der Waals surface area contributed by atoms with Crippen LogP contribution in [0.2, 0.25) is 0 Å². The molecule has 2 N–H and O–H groups in total. The second-order valence-corrected chi connectivity index (χ2v) is 22.0. The zero-order valence-electron chi connectivity index (χ0n) is 45.3. The Balaban J connectivity index is 4.03. The van der Waals surface area contributed by atoms with E-state index in [0.717, 1.165) is 57.8 Å². The smallest absolute Gasteiger partial charge is 0.268 e. The molecule has 0 fully saturated rings. The van der Waals surface area contributed by atoms with E-state index in [1.165, 1.54) is 180 Å². The largest absolute Gasteiger partial charge is 0.756 e. The number of phosphoric acid groups is 1. The number of likely N-dealkylation sites (N-methyl/N-ethyl adjacent to an activating group) is 1. The summed E-state index contributed by atoms with van der Waals surface area (Å²) in [6, 6.07) is -0.909. The zero-order valence-corrected chi connectivity index (χ0v) is 46.2. The van der Waals surface area contributed by atoms with Crippen molar-refractivity contribution >= 4 is 13.7 Å². The Labute approximate surface area is 422 Å². The number of carbonyl (C=O) groups is 1. The van der Waals surface area contributed by atoms with Crippen molar-refractivity contribution in [2.24, 2.45) is 0 Å². The lowest BCUT2D eigenvalue weighted by Gasteiger charge is -2.29. The van der Waals surface area contributed by atoms with Crippen molar-refractivity contribution in [2.45, 2.75) is 270 Å². The molecule has 9 heteroatoms. The first-order valence-electron chi connectivity index (χ1n) is 28.7. The highest BCUT2D eigenvalue weighted by atomic mass is 31.2. The standard InChI is InChI=1S/C59H111N2O6P/c1-6-8-10-12-14-16-18-20-21-22-23-24-25-26-27-28-29-30-31-32-33-34-35-36-37-38-39-41-43-45-47-49-51-53-59(63)60-57(56-67-68(64,65)66-55-54-61(3,4)5)58(62)52-50-48-46-44-42-40-19-17-15-13-11-9-7-2/h15,17-18,20,22-23,42,44,50,52,57-58,62H,6-14,16,19,21,24-41,43,45-49,51,53-56H2,1-5H3,(H-,60,63,64,65)/b17-15+,20-18-,23-22-,44-42+,52-50+. The molecule has 0 rings (SSSR count). The van der Waals surface area contributed by atoms with E-state index in [1.54, 1.807) is 6.08 Å². The number of nitrogens with zero attached hydrogens (tertiary/aromatic N) is 1. The number of phosphoric ester groups is 1. The zero-order chi connectivity index (χ0) is 49.9. The summed E-state index contributed by atoms with van der Waals surface area (Å²) in [5.74, 6) is -0.210. The molecule has 0 radical (unpaired) electrons. The monoisotopic (exact) mass is 975 g/mol. The Morgan fingerprint density at radius 1 is 0.515 bits per heavy atom. The maximum atomic E-state index is 12.9. The first kappa shape index (κ1) is 66.2. The average molecular weight is 976 g/mol. The number of carbonyl (C=O) groups excluding carboxylic acids is 1. The molecule has 0 bridgehead atoms. The van der Waals surface area contributed by atoms with Gasteiger partial charge in [0.1, 0.15) is 13.2 Å². The predicted octanol–water partition coefficient (Wildman–Crippen LogP) is 16.7. The minimum absolute atomic E-state index is 0.00943. The number of allylic oxidation sites excluding steroid dienone is 9. The van der Waals surface area contributed by atoms with Crippen LogP contribution in [0.15, 0.2) is 60.8 Å². The van der Waals surface area contributed by atoms with Crippen LogP contribution in [-0.2, 0) is 18.4 Å². The van der Waals surface area contributed by atoms with Crippen LogP contribution in [0, 0.1) is 0 Å². The number of nitrogens with one attached hydrogen (secondary N) is 1. The molecule has 0 heterocycles. The maximum absolute atomic E-state index is 12.9. The van der Waals surface area contributed by atoms with Gasteiger partial charge in [-0.2, -0.15) is 0 Å². The van der Waals surface area contributed by atoms with E-state index >= 15 is 0 Å². The molecule has 1 amide bonds. The molecule has 398 valence electrons. The Morgan fingerprint density at radius 2 is 0.868 bits per heavy atom. The number of aliphatic hydroxyl groups excluding tert-OH is 1. The van der Waals surface area contributed by atoms with Crippen LogP contribution in [0.4, 0.5) is 0 Å². The molecule has 0 aromatic rings. The molecule has 68 heavy (non-hydrogen) atoms. The molecule has 0 aliphatic rings. The number of aliphatic hydroxyl groups is 1. The molecule has 3 atom stereocenters. The Kier molecular flexibility index (Phi) is 48.8. The van der Waals surface area contributed by atoms with Crippen molar-refractivity contribution in [2.75, 3.05) is 40.9 Å². The first-order valence-corrected chi connectivity index (χ1v) is 30.1. The Bertz CT molecular complexity index is 1290. The summed E-state index contributed by atoms with van der Waals surface area (Å²) in [4.78, 5) is 25.4. The van der Waals surface area contributed by atoms with Gasteiger partial charge >= 0.3 is 0 Å². The van der Waals surface area contributed by atoms with E-state index in [4.69, 9.17) is 9.05 Å². The number of hydrogen-bond acceptors (Lipinski definition) is 6. The van der Waals surface area contributed by atoms with Crippen molar-refractivity contribution in [1.29, 1.82) is 0 Å². The summed E-state index contributed by atoms with van der Waals surface area (Å²) in [5.41, 5.74) is 0. The van der Waals surface area contributed by atoms with E-state index in [0.29, 0.717) is 17.4 Å². The van der Waals surface area contributed by atoms with Crippen molar-refractivity contribution in [3.63, 3.8) is 0 Å². The van der Waals surface area contributed by atoms with Gasteiger partial charge in [-0.1, -0.05) is 235 Å². The van der Waals surface area contributed by atoms with E-state index < -0.39 is 26.6 Å². The molecule has 0 spiro atoms. The number of quaternary nitrogens is 1. The fourth-order valence-electron chi connectivity index (χ4n) is 8.16. The second kappa shape index (κ2) is 50.2. The highest BCUT2D eigenvalue weighted by molar-refractivity contribution is 7.45. The molecular formula is C59H111N2O6P. The van der Waals surface area contributed by atoms with Gasteiger partial charge in [0.25, 0.3) is 7.82 Å². The first-order chi connectivity index (χ1) is 33.0. The highest BCUT2D eigenvalue weighted by Crippen LogP contribution is 2.38. The third kappa shape index (κ3) is 52.0. The second-order valence-electron chi connectivity index (χ2n) is 20.6.